The second-order valence-corrected chi connectivity index (χ2v) is 2.59. The molecule has 0 aliphatic rings. The second-order valence-electron chi connectivity index (χ2n) is 2.59. The molecule has 0 aromatic carbocycles. The Kier molecular flexibility index (Phi) is 5.07. The fourth-order valence-corrected chi connectivity index (χ4v) is 1.13. The van der Waals surface area contributed by atoms with Crippen LogP contribution in [-0.4, -0.2) is 16.1 Å². The molecule has 1 N–H and O–H groups in total. The van der Waals surface area contributed by atoms with Gasteiger partial charge < -0.3 is 5.11 Å². The van der Waals surface area contributed by atoms with Gasteiger partial charge in [0.25, 0.3) is 0 Å². The Balaban J connectivity index is 0.00000144. The molecule has 0 saturated carbocycles. The van der Waals surface area contributed by atoms with Crippen LogP contribution in [0.25, 0.3) is 0 Å². The molecule has 0 saturated heterocycles. The molecule has 1 unspecified atom stereocenters. The largest absolute Gasteiger partial charge is 0.481 e. The van der Waals surface area contributed by atoms with E-state index in [1.54, 1.807) is 24.5 Å². The van der Waals surface area contributed by atoms with Crippen molar-refractivity contribution in [3.63, 3.8) is 0 Å². The number of aromatic nitrogens is 1. The maximum Gasteiger partial charge on any atom is 0.311 e. The molecule has 0 fully saturated rings. The fraction of sp³-hybridized carbons (Fsp3) is 0.333. The maximum atomic E-state index is 10.7. The summed E-state index contributed by atoms with van der Waals surface area (Å²) < 4.78 is 0. The number of carboxylic acid groups (broad SMARTS) is 1. The van der Waals surface area contributed by atoms with Crippen LogP contribution in [-0.2, 0) is 4.79 Å². The third-order valence-corrected chi connectivity index (χ3v) is 1.79. The van der Waals surface area contributed by atoms with Crippen LogP contribution in [0.4, 0.5) is 0 Å². The number of rotatable bonds is 3. The molecule has 1 heterocycles. The maximum absolute atomic E-state index is 10.7. The Morgan fingerprint density at radius 2 is 2.38 bits per heavy atom. The van der Waals surface area contributed by atoms with Crippen molar-refractivity contribution in [3.05, 3.63) is 30.1 Å². The summed E-state index contributed by atoms with van der Waals surface area (Å²) in [6.45, 7) is 1.85. The molecule has 0 radical (unpaired) electrons. The third-order valence-electron chi connectivity index (χ3n) is 1.79. The number of hydrogen-bond acceptors (Lipinski definition) is 2. The van der Waals surface area contributed by atoms with Crippen LogP contribution >= 0.6 is 12.4 Å². The molecule has 0 aliphatic heterocycles. The van der Waals surface area contributed by atoms with Crippen LogP contribution in [0, 0.1) is 0 Å². The van der Waals surface area contributed by atoms with E-state index in [9.17, 15) is 4.79 Å². The first kappa shape index (κ1) is 11.9. The average Bonchev–Trinajstić information content (AvgIpc) is 2.07. The zero-order valence-corrected chi connectivity index (χ0v) is 8.12. The summed E-state index contributed by atoms with van der Waals surface area (Å²) in [4.78, 5) is 14.6. The standard InChI is InChI=1S/C9H11NO2.ClH/c1-2-8(9(11)12)7-4-3-5-10-6-7;/h3-6,8H,2H2,1H3,(H,11,12);1H. The quantitative estimate of drug-likeness (QED) is 0.815. The van der Waals surface area contributed by atoms with Crippen molar-refractivity contribution in [2.45, 2.75) is 19.3 Å². The van der Waals surface area contributed by atoms with Gasteiger partial charge in [-0.05, 0) is 18.1 Å². The molecule has 0 spiro atoms. The molecule has 1 aromatic heterocycles. The summed E-state index contributed by atoms with van der Waals surface area (Å²) >= 11 is 0. The van der Waals surface area contributed by atoms with E-state index >= 15 is 0 Å². The SMILES string of the molecule is CCC(C(=O)O)c1cccnc1.Cl. The highest BCUT2D eigenvalue weighted by molar-refractivity contribution is 5.85. The monoisotopic (exact) mass is 201 g/mol. The first-order valence-electron chi connectivity index (χ1n) is 3.88. The van der Waals surface area contributed by atoms with Gasteiger partial charge in [-0.1, -0.05) is 13.0 Å². The van der Waals surface area contributed by atoms with Gasteiger partial charge >= 0.3 is 5.97 Å². The Morgan fingerprint density at radius 3 is 2.77 bits per heavy atom. The first-order valence-corrected chi connectivity index (χ1v) is 3.88. The molecular formula is C9H12ClNO2. The Morgan fingerprint density at radius 1 is 1.69 bits per heavy atom. The summed E-state index contributed by atoms with van der Waals surface area (Å²) in [5.41, 5.74) is 0.771. The number of pyridine rings is 1. The van der Waals surface area contributed by atoms with E-state index in [2.05, 4.69) is 4.98 Å². The lowest BCUT2D eigenvalue weighted by Gasteiger charge is -2.07. The summed E-state index contributed by atoms with van der Waals surface area (Å²) in [5.74, 6) is -1.20. The summed E-state index contributed by atoms with van der Waals surface area (Å²) in [7, 11) is 0. The van der Waals surface area contributed by atoms with E-state index in [1.165, 1.54) is 0 Å². The minimum atomic E-state index is -0.787. The van der Waals surface area contributed by atoms with Crippen molar-refractivity contribution >= 4 is 18.4 Å². The van der Waals surface area contributed by atoms with Crippen molar-refractivity contribution < 1.29 is 9.90 Å². The predicted molar refractivity (Wildman–Crippen MR) is 52.2 cm³/mol. The number of carboxylic acids is 1. The normalized spacial score (nSPS) is 11.5. The van der Waals surface area contributed by atoms with Crippen LogP contribution in [0.15, 0.2) is 24.5 Å². The molecule has 0 aliphatic carbocycles. The van der Waals surface area contributed by atoms with E-state index in [0.717, 1.165) is 5.56 Å². The lowest BCUT2D eigenvalue weighted by molar-refractivity contribution is -0.138. The van der Waals surface area contributed by atoms with Gasteiger partial charge in [0.1, 0.15) is 0 Å². The number of nitrogens with zero attached hydrogens (tertiary/aromatic N) is 1. The van der Waals surface area contributed by atoms with E-state index in [1.807, 2.05) is 6.92 Å². The van der Waals surface area contributed by atoms with Crippen LogP contribution in [0.5, 0.6) is 0 Å². The zero-order valence-electron chi connectivity index (χ0n) is 7.30. The first-order chi connectivity index (χ1) is 5.75. The number of halogens is 1. The lowest BCUT2D eigenvalue weighted by Crippen LogP contribution is -2.10. The Bertz CT molecular complexity index is 264. The highest BCUT2D eigenvalue weighted by Crippen LogP contribution is 2.17. The molecule has 0 amide bonds. The van der Waals surface area contributed by atoms with E-state index < -0.39 is 11.9 Å². The second kappa shape index (κ2) is 5.54. The highest BCUT2D eigenvalue weighted by atomic mass is 35.5. The fourth-order valence-electron chi connectivity index (χ4n) is 1.13. The van der Waals surface area contributed by atoms with Gasteiger partial charge in [0.05, 0.1) is 5.92 Å². The minimum absolute atomic E-state index is 0. The third kappa shape index (κ3) is 3.03. The van der Waals surface area contributed by atoms with Gasteiger partial charge in [-0.3, -0.25) is 9.78 Å². The van der Waals surface area contributed by atoms with Crippen molar-refractivity contribution in [1.29, 1.82) is 0 Å². The van der Waals surface area contributed by atoms with Crippen molar-refractivity contribution in [1.82, 2.24) is 4.98 Å². The molecule has 72 valence electrons. The van der Waals surface area contributed by atoms with E-state index in [0.29, 0.717) is 6.42 Å². The Labute approximate surface area is 83.2 Å². The molecule has 1 atom stereocenters. The van der Waals surface area contributed by atoms with E-state index in [4.69, 9.17) is 5.11 Å². The smallest absolute Gasteiger partial charge is 0.311 e. The summed E-state index contributed by atoms with van der Waals surface area (Å²) in [5, 5.41) is 8.80. The van der Waals surface area contributed by atoms with Crippen LogP contribution < -0.4 is 0 Å². The molecular weight excluding hydrogens is 190 g/mol. The van der Waals surface area contributed by atoms with Gasteiger partial charge in [0, 0.05) is 12.4 Å². The zero-order chi connectivity index (χ0) is 8.97. The molecule has 1 aromatic rings. The predicted octanol–water partition coefficient (Wildman–Crippen LogP) is 2.08. The van der Waals surface area contributed by atoms with Crippen LogP contribution in [0.2, 0.25) is 0 Å². The average molecular weight is 202 g/mol. The molecule has 13 heavy (non-hydrogen) atoms. The molecule has 3 nitrogen and oxygen atoms in total. The van der Waals surface area contributed by atoms with Crippen LogP contribution in [0.3, 0.4) is 0 Å². The molecule has 1 rings (SSSR count). The van der Waals surface area contributed by atoms with E-state index in [-0.39, 0.29) is 12.4 Å². The van der Waals surface area contributed by atoms with Gasteiger partial charge in [0.2, 0.25) is 0 Å². The highest BCUT2D eigenvalue weighted by Gasteiger charge is 2.16. The summed E-state index contributed by atoms with van der Waals surface area (Å²) in [6, 6.07) is 3.54. The van der Waals surface area contributed by atoms with Gasteiger partial charge in [-0.25, -0.2) is 0 Å². The van der Waals surface area contributed by atoms with Crippen LogP contribution in [0.1, 0.15) is 24.8 Å². The Hall–Kier alpha value is -1.09. The lowest BCUT2D eigenvalue weighted by atomic mass is 9.99. The van der Waals surface area contributed by atoms with Gasteiger partial charge in [0.15, 0.2) is 0 Å². The van der Waals surface area contributed by atoms with Gasteiger partial charge in [-0.15, -0.1) is 12.4 Å². The molecule has 4 heteroatoms. The molecule has 0 bridgehead atoms. The number of carbonyl (C=O) groups is 1. The number of hydrogen-bond donors (Lipinski definition) is 1. The topological polar surface area (TPSA) is 50.2 Å². The minimum Gasteiger partial charge on any atom is -0.481 e. The van der Waals surface area contributed by atoms with Gasteiger partial charge in [-0.2, -0.15) is 0 Å². The van der Waals surface area contributed by atoms with Crippen molar-refractivity contribution in [2.24, 2.45) is 0 Å². The van der Waals surface area contributed by atoms with Crippen molar-refractivity contribution in [2.75, 3.05) is 0 Å². The van der Waals surface area contributed by atoms with Crippen molar-refractivity contribution in [3.8, 4) is 0 Å². The number of aliphatic carboxylic acids is 1. The summed E-state index contributed by atoms with van der Waals surface area (Å²) in [6.07, 6.45) is 3.83.